The monoisotopic (exact) mass is 342 g/mol. The molecular weight excluding hydrogens is 328 g/mol. The van der Waals surface area contributed by atoms with Crippen molar-refractivity contribution in [2.45, 2.75) is 24.8 Å². The standard InChI is InChI=1S/C18H15ClN2O3/c19-14-9-10(5-7-15(14)21(23)24)17-11-3-1-2-4-12(11)18-13(17)6-8-16(22)20-18/h1-5,7,9,13,17-18H,6,8H2,(H,20,22). The van der Waals surface area contributed by atoms with E-state index in [2.05, 4.69) is 11.4 Å². The van der Waals surface area contributed by atoms with Crippen molar-refractivity contribution in [3.8, 4) is 0 Å². The Hall–Kier alpha value is -2.40. The second-order valence-corrected chi connectivity index (χ2v) is 6.73. The van der Waals surface area contributed by atoms with Crippen molar-refractivity contribution in [3.05, 3.63) is 74.3 Å². The molecule has 1 saturated heterocycles. The van der Waals surface area contributed by atoms with Gasteiger partial charge in [-0.05, 0) is 35.1 Å². The van der Waals surface area contributed by atoms with Crippen LogP contribution in [0.3, 0.4) is 0 Å². The van der Waals surface area contributed by atoms with Gasteiger partial charge >= 0.3 is 0 Å². The van der Waals surface area contributed by atoms with Crippen LogP contribution in [0.5, 0.6) is 0 Å². The maximum absolute atomic E-state index is 11.8. The Balaban J connectivity index is 1.81. The number of benzene rings is 2. The van der Waals surface area contributed by atoms with Crippen LogP contribution in [0.25, 0.3) is 0 Å². The van der Waals surface area contributed by atoms with Crippen LogP contribution in [0.4, 0.5) is 5.69 Å². The Bertz CT molecular complexity index is 852. The molecule has 1 amide bonds. The molecule has 24 heavy (non-hydrogen) atoms. The van der Waals surface area contributed by atoms with Crippen LogP contribution < -0.4 is 5.32 Å². The van der Waals surface area contributed by atoms with E-state index in [1.165, 1.54) is 11.6 Å². The lowest BCUT2D eigenvalue weighted by Gasteiger charge is -2.30. The number of fused-ring (bicyclic) bond motifs is 3. The van der Waals surface area contributed by atoms with Crippen LogP contribution in [0.15, 0.2) is 42.5 Å². The van der Waals surface area contributed by atoms with Gasteiger partial charge in [-0.15, -0.1) is 0 Å². The van der Waals surface area contributed by atoms with Crippen LogP contribution in [-0.4, -0.2) is 10.8 Å². The Morgan fingerprint density at radius 1 is 1.17 bits per heavy atom. The first kappa shape index (κ1) is 15.1. The first-order valence-electron chi connectivity index (χ1n) is 7.88. The molecule has 1 aliphatic carbocycles. The van der Waals surface area contributed by atoms with E-state index in [1.54, 1.807) is 12.1 Å². The molecule has 2 aromatic carbocycles. The molecule has 3 atom stereocenters. The van der Waals surface area contributed by atoms with Gasteiger partial charge in [0.25, 0.3) is 5.69 Å². The van der Waals surface area contributed by atoms with Gasteiger partial charge in [0.2, 0.25) is 5.91 Å². The molecular formula is C18H15ClN2O3. The number of halogens is 1. The molecule has 2 aliphatic rings. The van der Waals surface area contributed by atoms with Gasteiger partial charge in [0.1, 0.15) is 5.02 Å². The van der Waals surface area contributed by atoms with Crippen LogP contribution in [0, 0.1) is 16.0 Å². The van der Waals surface area contributed by atoms with Crippen molar-refractivity contribution < 1.29 is 9.72 Å². The van der Waals surface area contributed by atoms with E-state index in [4.69, 9.17) is 11.6 Å². The zero-order valence-electron chi connectivity index (χ0n) is 12.7. The number of carbonyl (C=O) groups is 1. The fourth-order valence-electron chi connectivity index (χ4n) is 4.08. The predicted molar refractivity (Wildman–Crippen MR) is 90.0 cm³/mol. The summed E-state index contributed by atoms with van der Waals surface area (Å²) in [4.78, 5) is 22.3. The molecule has 1 fully saturated rings. The van der Waals surface area contributed by atoms with Gasteiger partial charge in [-0.25, -0.2) is 0 Å². The molecule has 0 bridgehead atoms. The molecule has 0 saturated carbocycles. The van der Waals surface area contributed by atoms with Gasteiger partial charge in [0.15, 0.2) is 0 Å². The average Bonchev–Trinajstić information content (AvgIpc) is 2.88. The Kier molecular flexibility index (Phi) is 3.53. The Morgan fingerprint density at radius 3 is 2.62 bits per heavy atom. The Labute approximate surface area is 143 Å². The highest BCUT2D eigenvalue weighted by Crippen LogP contribution is 2.52. The second-order valence-electron chi connectivity index (χ2n) is 6.32. The zero-order valence-corrected chi connectivity index (χ0v) is 13.5. The molecule has 5 nitrogen and oxygen atoms in total. The predicted octanol–water partition coefficient (Wildman–Crippen LogP) is 3.96. The lowest BCUT2D eigenvalue weighted by molar-refractivity contribution is -0.384. The number of rotatable bonds is 2. The summed E-state index contributed by atoms with van der Waals surface area (Å²) in [6.07, 6.45) is 1.30. The number of nitro groups is 1. The summed E-state index contributed by atoms with van der Waals surface area (Å²) in [6, 6.07) is 13.0. The van der Waals surface area contributed by atoms with Crippen molar-refractivity contribution in [3.63, 3.8) is 0 Å². The highest BCUT2D eigenvalue weighted by Gasteiger charge is 2.44. The maximum Gasteiger partial charge on any atom is 0.287 e. The minimum atomic E-state index is -0.474. The minimum Gasteiger partial charge on any atom is -0.349 e. The molecule has 3 unspecified atom stereocenters. The minimum absolute atomic E-state index is 0.00131. The van der Waals surface area contributed by atoms with Gasteiger partial charge in [-0.2, -0.15) is 0 Å². The summed E-state index contributed by atoms with van der Waals surface area (Å²) >= 11 is 6.12. The maximum atomic E-state index is 11.8. The van der Waals surface area contributed by atoms with Crippen molar-refractivity contribution in [2.75, 3.05) is 0 Å². The summed E-state index contributed by atoms with van der Waals surface area (Å²) < 4.78 is 0. The smallest absolute Gasteiger partial charge is 0.287 e. The number of hydrogen-bond donors (Lipinski definition) is 1. The molecule has 2 aromatic rings. The number of nitrogens with zero attached hydrogens (tertiary/aromatic N) is 1. The quantitative estimate of drug-likeness (QED) is 0.663. The van der Waals surface area contributed by atoms with E-state index >= 15 is 0 Å². The van der Waals surface area contributed by atoms with E-state index in [1.807, 2.05) is 18.2 Å². The highest BCUT2D eigenvalue weighted by molar-refractivity contribution is 6.32. The molecule has 0 radical (unpaired) electrons. The third-order valence-corrected chi connectivity index (χ3v) is 5.37. The third kappa shape index (κ3) is 2.27. The molecule has 122 valence electrons. The number of hydrogen-bond acceptors (Lipinski definition) is 3. The summed E-state index contributed by atoms with van der Waals surface area (Å²) in [7, 11) is 0. The highest BCUT2D eigenvalue weighted by atomic mass is 35.5. The van der Waals surface area contributed by atoms with E-state index in [-0.39, 0.29) is 34.5 Å². The van der Waals surface area contributed by atoms with Crippen molar-refractivity contribution in [1.29, 1.82) is 0 Å². The molecule has 1 N–H and O–H groups in total. The topological polar surface area (TPSA) is 72.2 Å². The van der Waals surface area contributed by atoms with Crippen molar-refractivity contribution in [2.24, 2.45) is 5.92 Å². The van der Waals surface area contributed by atoms with E-state index < -0.39 is 4.92 Å². The zero-order chi connectivity index (χ0) is 16.8. The summed E-state index contributed by atoms with van der Waals surface area (Å²) in [5.74, 6) is 0.413. The van der Waals surface area contributed by atoms with Crippen LogP contribution >= 0.6 is 11.6 Å². The van der Waals surface area contributed by atoms with E-state index in [0.29, 0.717) is 6.42 Å². The molecule has 0 aromatic heterocycles. The first-order valence-corrected chi connectivity index (χ1v) is 8.26. The number of amides is 1. The normalized spacial score (nSPS) is 24.9. The summed E-state index contributed by atoms with van der Waals surface area (Å²) in [5, 5.41) is 14.2. The fraction of sp³-hybridized carbons (Fsp3) is 0.278. The molecule has 4 rings (SSSR count). The SMILES string of the molecule is O=C1CCC2C(N1)c1ccccc1C2c1ccc([N+](=O)[O-])c(Cl)c1. The van der Waals surface area contributed by atoms with Gasteiger partial charge < -0.3 is 5.32 Å². The molecule has 1 aliphatic heterocycles. The number of nitrogens with one attached hydrogen (secondary N) is 1. The number of piperidine rings is 1. The first-order chi connectivity index (χ1) is 11.6. The van der Waals surface area contributed by atoms with Crippen LogP contribution in [0.1, 0.15) is 41.5 Å². The fourth-order valence-corrected chi connectivity index (χ4v) is 4.34. The van der Waals surface area contributed by atoms with Gasteiger partial charge in [-0.3, -0.25) is 14.9 Å². The van der Waals surface area contributed by atoms with Crippen molar-refractivity contribution >= 4 is 23.2 Å². The van der Waals surface area contributed by atoms with Crippen LogP contribution in [-0.2, 0) is 4.79 Å². The van der Waals surface area contributed by atoms with Gasteiger partial charge in [0, 0.05) is 18.4 Å². The summed E-state index contributed by atoms with van der Waals surface area (Å²) in [6.45, 7) is 0. The lowest BCUT2D eigenvalue weighted by atomic mass is 9.80. The largest absolute Gasteiger partial charge is 0.349 e. The van der Waals surface area contributed by atoms with E-state index in [9.17, 15) is 14.9 Å². The Morgan fingerprint density at radius 2 is 1.92 bits per heavy atom. The number of nitro benzene ring substituents is 1. The lowest BCUT2D eigenvalue weighted by Crippen LogP contribution is -2.37. The second kappa shape index (κ2) is 5.60. The summed E-state index contributed by atoms with van der Waals surface area (Å²) in [5.41, 5.74) is 3.18. The van der Waals surface area contributed by atoms with Crippen molar-refractivity contribution in [1.82, 2.24) is 5.32 Å². The van der Waals surface area contributed by atoms with Crippen LogP contribution in [0.2, 0.25) is 5.02 Å². The van der Waals surface area contributed by atoms with E-state index in [0.717, 1.165) is 17.5 Å². The molecule has 1 heterocycles. The third-order valence-electron chi connectivity index (χ3n) is 5.07. The average molecular weight is 343 g/mol. The van der Waals surface area contributed by atoms with Gasteiger partial charge in [-0.1, -0.05) is 41.9 Å². The molecule has 0 spiro atoms. The molecule has 6 heteroatoms. The number of carbonyl (C=O) groups excluding carboxylic acids is 1. The van der Waals surface area contributed by atoms with Gasteiger partial charge in [0.05, 0.1) is 11.0 Å².